The number of nitrogens with zero attached hydrogens (tertiary/aromatic N) is 1. The van der Waals surface area contributed by atoms with Gasteiger partial charge in [-0.05, 0) is 19.4 Å². The topological polar surface area (TPSA) is 81.2 Å². The number of aryl methyl sites for hydroxylation is 2. The van der Waals surface area contributed by atoms with Gasteiger partial charge in [0.15, 0.2) is 5.13 Å². The lowest BCUT2D eigenvalue weighted by Crippen LogP contribution is -2.37. The molecule has 2 rings (SSSR count). The molecule has 0 saturated heterocycles. The van der Waals surface area contributed by atoms with E-state index in [-0.39, 0.29) is 12.3 Å². The molecule has 0 aliphatic rings. The van der Waals surface area contributed by atoms with Crippen LogP contribution in [0.15, 0.2) is 15.9 Å². The monoisotopic (exact) mass is 283 g/mol. The van der Waals surface area contributed by atoms with Crippen LogP contribution in [0.4, 0.5) is 9.52 Å². The van der Waals surface area contributed by atoms with Crippen LogP contribution < -0.4 is 11.1 Å². The molecule has 1 amide bonds. The van der Waals surface area contributed by atoms with Gasteiger partial charge in [0.05, 0.1) is 11.7 Å². The standard InChI is InChI=1S/C12H14FN3O2S/c1-6-3-10(13)18-9(6)4-8(14)11(17)16-12-15-7(2)5-19-12/h3,5,8H,4,14H2,1-2H3,(H,15,16,17)/t8-/m0/s1. The van der Waals surface area contributed by atoms with Gasteiger partial charge in [-0.1, -0.05) is 0 Å². The fourth-order valence-corrected chi connectivity index (χ4v) is 2.27. The Labute approximate surface area is 113 Å². The lowest BCUT2D eigenvalue weighted by Gasteiger charge is -2.09. The van der Waals surface area contributed by atoms with Gasteiger partial charge >= 0.3 is 0 Å². The van der Waals surface area contributed by atoms with Gasteiger partial charge in [0.25, 0.3) is 6.01 Å². The summed E-state index contributed by atoms with van der Waals surface area (Å²) in [7, 11) is 0. The fraction of sp³-hybridized carbons (Fsp3) is 0.333. The number of hydrogen-bond donors (Lipinski definition) is 2. The second kappa shape index (κ2) is 5.50. The molecule has 5 nitrogen and oxygen atoms in total. The van der Waals surface area contributed by atoms with Crippen LogP contribution in [0.25, 0.3) is 0 Å². The summed E-state index contributed by atoms with van der Waals surface area (Å²) in [5, 5.41) is 4.94. The number of anilines is 1. The van der Waals surface area contributed by atoms with Crippen molar-refractivity contribution in [1.29, 1.82) is 0 Å². The smallest absolute Gasteiger partial charge is 0.278 e. The Morgan fingerprint density at radius 2 is 2.37 bits per heavy atom. The van der Waals surface area contributed by atoms with Crippen molar-refractivity contribution in [2.45, 2.75) is 26.3 Å². The highest BCUT2D eigenvalue weighted by Crippen LogP contribution is 2.17. The molecule has 0 unspecified atom stereocenters. The van der Waals surface area contributed by atoms with E-state index in [0.29, 0.717) is 16.5 Å². The molecule has 2 heterocycles. The second-order valence-electron chi connectivity index (χ2n) is 4.25. The minimum absolute atomic E-state index is 0.145. The fourth-order valence-electron chi connectivity index (χ4n) is 1.58. The number of carbonyl (C=O) groups excluding carboxylic acids is 1. The Hall–Kier alpha value is -1.73. The average Bonchev–Trinajstić information content (AvgIpc) is 2.85. The maximum absolute atomic E-state index is 12.9. The van der Waals surface area contributed by atoms with Crippen LogP contribution in [0, 0.1) is 19.9 Å². The van der Waals surface area contributed by atoms with Crippen molar-refractivity contribution in [2.24, 2.45) is 5.73 Å². The zero-order valence-corrected chi connectivity index (χ0v) is 11.4. The van der Waals surface area contributed by atoms with E-state index < -0.39 is 12.1 Å². The van der Waals surface area contributed by atoms with Gasteiger partial charge in [-0.3, -0.25) is 4.79 Å². The molecule has 0 saturated carbocycles. The Balaban J connectivity index is 1.97. The Morgan fingerprint density at radius 1 is 1.63 bits per heavy atom. The lowest BCUT2D eigenvalue weighted by molar-refractivity contribution is -0.117. The molecule has 2 aromatic heterocycles. The number of hydrogen-bond acceptors (Lipinski definition) is 5. The number of carbonyl (C=O) groups is 1. The molecule has 0 aliphatic heterocycles. The SMILES string of the molecule is Cc1csc(NC(=O)[C@@H](N)Cc2oc(F)cc2C)n1. The summed E-state index contributed by atoms with van der Waals surface area (Å²) in [6, 6.07) is -0.214. The highest BCUT2D eigenvalue weighted by molar-refractivity contribution is 7.13. The predicted molar refractivity (Wildman–Crippen MR) is 70.6 cm³/mol. The summed E-state index contributed by atoms with van der Waals surface area (Å²) in [4.78, 5) is 15.9. The number of thiazole rings is 1. The van der Waals surface area contributed by atoms with Crippen molar-refractivity contribution in [1.82, 2.24) is 4.98 Å². The lowest BCUT2D eigenvalue weighted by atomic mass is 10.1. The van der Waals surface area contributed by atoms with Crippen LogP contribution >= 0.6 is 11.3 Å². The molecule has 102 valence electrons. The molecule has 2 aromatic rings. The van der Waals surface area contributed by atoms with E-state index in [2.05, 4.69) is 10.3 Å². The molecule has 0 aliphatic carbocycles. The first-order valence-electron chi connectivity index (χ1n) is 5.69. The van der Waals surface area contributed by atoms with Crippen molar-refractivity contribution < 1.29 is 13.6 Å². The van der Waals surface area contributed by atoms with E-state index in [1.807, 2.05) is 12.3 Å². The molecular formula is C12H14FN3O2S. The van der Waals surface area contributed by atoms with Gasteiger partial charge in [0.2, 0.25) is 5.91 Å². The van der Waals surface area contributed by atoms with Crippen LogP contribution in [0.2, 0.25) is 0 Å². The largest absolute Gasteiger partial charge is 0.436 e. The van der Waals surface area contributed by atoms with Crippen molar-refractivity contribution in [3.8, 4) is 0 Å². The van der Waals surface area contributed by atoms with E-state index in [9.17, 15) is 9.18 Å². The van der Waals surface area contributed by atoms with Crippen LogP contribution in [0.3, 0.4) is 0 Å². The predicted octanol–water partition coefficient (Wildman–Crippen LogP) is 2.00. The van der Waals surface area contributed by atoms with Crippen molar-refractivity contribution >= 4 is 22.4 Å². The molecule has 3 N–H and O–H groups in total. The molecule has 0 aromatic carbocycles. The van der Waals surface area contributed by atoms with Gasteiger partial charge in [-0.15, -0.1) is 11.3 Å². The molecule has 19 heavy (non-hydrogen) atoms. The van der Waals surface area contributed by atoms with Crippen LogP contribution in [0.5, 0.6) is 0 Å². The highest BCUT2D eigenvalue weighted by Gasteiger charge is 2.19. The normalized spacial score (nSPS) is 12.4. The van der Waals surface area contributed by atoms with Gasteiger partial charge < -0.3 is 15.5 Å². The number of aromatic nitrogens is 1. The number of nitrogens with two attached hydrogens (primary N) is 1. The first-order valence-corrected chi connectivity index (χ1v) is 6.57. The van der Waals surface area contributed by atoms with Crippen molar-refractivity contribution in [2.75, 3.05) is 5.32 Å². The van der Waals surface area contributed by atoms with E-state index >= 15 is 0 Å². The molecule has 0 radical (unpaired) electrons. The van der Waals surface area contributed by atoms with Gasteiger partial charge in [0, 0.05) is 17.9 Å². The van der Waals surface area contributed by atoms with Crippen molar-refractivity contribution in [3.63, 3.8) is 0 Å². The Morgan fingerprint density at radius 3 is 2.89 bits per heavy atom. The minimum Gasteiger partial charge on any atom is -0.436 e. The quantitative estimate of drug-likeness (QED) is 0.899. The molecule has 0 spiro atoms. The summed E-state index contributed by atoms with van der Waals surface area (Å²) in [6.07, 6.45) is 0.145. The maximum Gasteiger partial charge on any atom is 0.278 e. The zero-order valence-electron chi connectivity index (χ0n) is 10.6. The number of nitrogens with one attached hydrogen (secondary N) is 1. The number of amides is 1. The van der Waals surface area contributed by atoms with Crippen LogP contribution in [-0.4, -0.2) is 16.9 Å². The summed E-state index contributed by atoms with van der Waals surface area (Å²) in [5.41, 5.74) is 7.24. The molecule has 0 fully saturated rings. The van der Waals surface area contributed by atoms with Gasteiger partial charge in [-0.2, -0.15) is 4.39 Å². The number of furan rings is 1. The Kier molecular flexibility index (Phi) is 3.96. The average molecular weight is 283 g/mol. The molecule has 7 heteroatoms. The zero-order chi connectivity index (χ0) is 14.0. The molecule has 1 atom stereocenters. The first-order chi connectivity index (χ1) is 8.95. The summed E-state index contributed by atoms with van der Waals surface area (Å²) in [5.74, 6) is 0.0148. The van der Waals surface area contributed by atoms with E-state index in [4.69, 9.17) is 10.2 Å². The highest BCUT2D eigenvalue weighted by atomic mass is 32.1. The minimum atomic E-state index is -0.812. The van der Waals surface area contributed by atoms with Crippen LogP contribution in [-0.2, 0) is 11.2 Å². The maximum atomic E-state index is 12.9. The van der Waals surface area contributed by atoms with Gasteiger partial charge in [-0.25, -0.2) is 4.98 Å². The number of halogens is 1. The van der Waals surface area contributed by atoms with E-state index in [0.717, 1.165) is 5.69 Å². The molecular weight excluding hydrogens is 269 g/mol. The summed E-state index contributed by atoms with van der Waals surface area (Å²) < 4.78 is 17.7. The third-order valence-corrected chi connectivity index (χ3v) is 3.46. The first kappa shape index (κ1) is 13.7. The summed E-state index contributed by atoms with van der Waals surface area (Å²) >= 11 is 1.33. The second-order valence-corrected chi connectivity index (χ2v) is 5.11. The third kappa shape index (κ3) is 3.39. The third-order valence-electron chi connectivity index (χ3n) is 2.58. The Bertz CT molecular complexity index is 594. The molecule has 0 bridgehead atoms. The van der Waals surface area contributed by atoms with Crippen molar-refractivity contribution in [3.05, 3.63) is 34.5 Å². The number of rotatable bonds is 4. The van der Waals surface area contributed by atoms with Gasteiger partial charge in [0.1, 0.15) is 5.76 Å². The summed E-state index contributed by atoms with van der Waals surface area (Å²) in [6.45, 7) is 3.54. The van der Waals surface area contributed by atoms with E-state index in [1.54, 1.807) is 6.92 Å². The van der Waals surface area contributed by atoms with E-state index in [1.165, 1.54) is 17.4 Å². The van der Waals surface area contributed by atoms with Crippen LogP contribution in [0.1, 0.15) is 17.0 Å².